The second-order valence-corrected chi connectivity index (χ2v) is 3.94. The van der Waals surface area contributed by atoms with Crippen LogP contribution in [0.25, 0.3) is 0 Å². The van der Waals surface area contributed by atoms with Gasteiger partial charge >= 0.3 is 0 Å². The van der Waals surface area contributed by atoms with Crippen molar-refractivity contribution in [3.8, 4) is 0 Å². The monoisotopic (exact) mass is 258 g/mol. The van der Waals surface area contributed by atoms with Crippen molar-refractivity contribution in [2.45, 2.75) is 13.0 Å². The SMILES string of the molecule is CNc1nc(Cl)nc(NC(C)C(=O)N(C)C)n1. The zero-order valence-corrected chi connectivity index (χ0v) is 10.9. The maximum atomic E-state index is 11.6. The molecule has 17 heavy (non-hydrogen) atoms. The molecular formula is C9H15ClN6O. The summed E-state index contributed by atoms with van der Waals surface area (Å²) >= 11 is 5.72. The summed E-state index contributed by atoms with van der Waals surface area (Å²) < 4.78 is 0. The summed E-state index contributed by atoms with van der Waals surface area (Å²) in [6.45, 7) is 1.72. The van der Waals surface area contributed by atoms with Crippen LogP contribution in [0.15, 0.2) is 0 Å². The van der Waals surface area contributed by atoms with Crippen LogP contribution in [0.4, 0.5) is 11.9 Å². The van der Waals surface area contributed by atoms with Crippen LogP contribution in [-0.4, -0.2) is 52.9 Å². The number of aromatic nitrogens is 3. The van der Waals surface area contributed by atoms with Crippen LogP contribution < -0.4 is 10.6 Å². The van der Waals surface area contributed by atoms with E-state index in [4.69, 9.17) is 11.6 Å². The average Bonchev–Trinajstić information content (AvgIpc) is 2.26. The van der Waals surface area contributed by atoms with Crippen LogP contribution in [0.3, 0.4) is 0 Å². The summed E-state index contributed by atoms with van der Waals surface area (Å²) in [5, 5.41) is 5.68. The molecule has 0 fully saturated rings. The molecule has 1 unspecified atom stereocenters. The smallest absolute Gasteiger partial charge is 0.244 e. The van der Waals surface area contributed by atoms with Crippen molar-refractivity contribution in [1.82, 2.24) is 19.9 Å². The highest BCUT2D eigenvalue weighted by molar-refractivity contribution is 6.28. The van der Waals surface area contributed by atoms with E-state index in [0.717, 1.165) is 0 Å². The van der Waals surface area contributed by atoms with Gasteiger partial charge in [-0.15, -0.1) is 0 Å². The van der Waals surface area contributed by atoms with E-state index in [1.807, 2.05) is 0 Å². The second-order valence-electron chi connectivity index (χ2n) is 3.60. The molecule has 2 N–H and O–H groups in total. The van der Waals surface area contributed by atoms with Crippen LogP contribution in [0.1, 0.15) is 6.92 Å². The molecule has 8 heteroatoms. The van der Waals surface area contributed by atoms with E-state index in [1.54, 1.807) is 28.1 Å². The molecule has 1 amide bonds. The van der Waals surface area contributed by atoms with Gasteiger partial charge in [-0.25, -0.2) is 0 Å². The van der Waals surface area contributed by atoms with E-state index in [-0.39, 0.29) is 17.1 Å². The van der Waals surface area contributed by atoms with E-state index in [9.17, 15) is 4.79 Å². The van der Waals surface area contributed by atoms with Gasteiger partial charge in [-0.3, -0.25) is 4.79 Å². The molecule has 0 saturated heterocycles. The van der Waals surface area contributed by atoms with E-state index < -0.39 is 6.04 Å². The first-order chi connectivity index (χ1) is 7.93. The van der Waals surface area contributed by atoms with Gasteiger partial charge in [0.25, 0.3) is 0 Å². The number of carbonyl (C=O) groups is 1. The molecule has 1 heterocycles. The molecule has 1 aromatic heterocycles. The maximum absolute atomic E-state index is 11.6. The maximum Gasteiger partial charge on any atom is 0.244 e. The Balaban J connectivity index is 2.81. The quantitative estimate of drug-likeness (QED) is 0.816. The number of hydrogen-bond donors (Lipinski definition) is 2. The van der Waals surface area contributed by atoms with Crippen molar-refractivity contribution in [2.75, 3.05) is 31.8 Å². The van der Waals surface area contributed by atoms with Crippen LogP contribution in [-0.2, 0) is 4.79 Å². The minimum absolute atomic E-state index is 0.0661. The fourth-order valence-corrected chi connectivity index (χ4v) is 1.33. The molecule has 0 spiro atoms. The lowest BCUT2D eigenvalue weighted by Crippen LogP contribution is -2.37. The molecule has 0 aliphatic rings. The molecule has 1 rings (SSSR count). The Hall–Kier alpha value is -1.63. The van der Waals surface area contributed by atoms with Gasteiger partial charge in [-0.1, -0.05) is 0 Å². The third-order valence-corrected chi connectivity index (χ3v) is 2.16. The molecule has 0 saturated carbocycles. The summed E-state index contributed by atoms with van der Waals surface area (Å²) in [4.78, 5) is 24.9. The zero-order chi connectivity index (χ0) is 13.0. The molecule has 7 nitrogen and oxygen atoms in total. The summed E-state index contributed by atoms with van der Waals surface area (Å²) in [7, 11) is 5.03. The number of carbonyl (C=O) groups excluding carboxylic acids is 1. The lowest BCUT2D eigenvalue weighted by atomic mass is 10.3. The van der Waals surface area contributed by atoms with Crippen molar-refractivity contribution in [3.63, 3.8) is 0 Å². The van der Waals surface area contributed by atoms with E-state index in [1.165, 1.54) is 4.90 Å². The van der Waals surface area contributed by atoms with Crippen LogP contribution >= 0.6 is 11.6 Å². The van der Waals surface area contributed by atoms with Crippen molar-refractivity contribution < 1.29 is 4.79 Å². The Bertz CT molecular complexity index is 410. The number of amides is 1. The van der Waals surface area contributed by atoms with Gasteiger partial charge in [0.05, 0.1) is 0 Å². The molecular weight excluding hydrogens is 244 g/mol. The fraction of sp³-hybridized carbons (Fsp3) is 0.556. The average molecular weight is 259 g/mol. The Kier molecular flexibility index (Phi) is 4.45. The summed E-state index contributed by atoms with van der Waals surface area (Å²) in [6, 6.07) is -0.437. The topological polar surface area (TPSA) is 83.0 Å². The number of rotatable bonds is 4. The number of likely N-dealkylation sites (N-methyl/N-ethyl adjacent to an activating group) is 1. The number of nitrogens with zero attached hydrogens (tertiary/aromatic N) is 4. The second kappa shape index (κ2) is 5.62. The molecule has 0 aliphatic heterocycles. The molecule has 0 aliphatic carbocycles. The zero-order valence-electron chi connectivity index (χ0n) is 10.2. The highest BCUT2D eigenvalue weighted by Crippen LogP contribution is 2.10. The van der Waals surface area contributed by atoms with E-state index in [0.29, 0.717) is 5.95 Å². The first-order valence-electron chi connectivity index (χ1n) is 5.01. The van der Waals surface area contributed by atoms with Crippen molar-refractivity contribution in [3.05, 3.63) is 5.28 Å². The van der Waals surface area contributed by atoms with Gasteiger partial charge in [-0.05, 0) is 18.5 Å². The highest BCUT2D eigenvalue weighted by atomic mass is 35.5. The lowest BCUT2D eigenvalue weighted by Gasteiger charge is -2.17. The first-order valence-corrected chi connectivity index (χ1v) is 5.39. The Morgan fingerprint density at radius 1 is 1.29 bits per heavy atom. The molecule has 0 radical (unpaired) electrons. The molecule has 1 atom stereocenters. The van der Waals surface area contributed by atoms with E-state index in [2.05, 4.69) is 25.6 Å². The fourth-order valence-electron chi connectivity index (χ4n) is 1.17. The Morgan fingerprint density at radius 3 is 2.41 bits per heavy atom. The minimum Gasteiger partial charge on any atom is -0.357 e. The van der Waals surface area contributed by atoms with Crippen molar-refractivity contribution in [1.29, 1.82) is 0 Å². The normalized spacial score (nSPS) is 11.8. The predicted molar refractivity (Wildman–Crippen MR) is 66.2 cm³/mol. The lowest BCUT2D eigenvalue weighted by molar-refractivity contribution is -0.129. The molecule has 94 valence electrons. The van der Waals surface area contributed by atoms with Crippen molar-refractivity contribution >= 4 is 29.4 Å². The van der Waals surface area contributed by atoms with Gasteiger partial charge in [0.15, 0.2) is 0 Å². The number of halogens is 1. The van der Waals surface area contributed by atoms with Gasteiger partial charge in [0, 0.05) is 21.1 Å². The van der Waals surface area contributed by atoms with Gasteiger partial charge in [-0.2, -0.15) is 15.0 Å². The Labute approximate surface area is 105 Å². The predicted octanol–water partition coefficient (Wildman–Crippen LogP) is 0.455. The number of hydrogen-bond acceptors (Lipinski definition) is 6. The van der Waals surface area contributed by atoms with Crippen molar-refractivity contribution in [2.24, 2.45) is 0 Å². The van der Waals surface area contributed by atoms with Gasteiger partial charge in [0.1, 0.15) is 6.04 Å². The van der Waals surface area contributed by atoms with Crippen LogP contribution in [0.5, 0.6) is 0 Å². The molecule has 0 aromatic carbocycles. The largest absolute Gasteiger partial charge is 0.357 e. The third kappa shape index (κ3) is 3.70. The first kappa shape index (κ1) is 13.4. The van der Waals surface area contributed by atoms with Crippen LogP contribution in [0, 0.1) is 0 Å². The van der Waals surface area contributed by atoms with E-state index >= 15 is 0 Å². The minimum atomic E-state index is -0.437. The van der Waals surface area contributed by atoms with Gasteiger partial charge in [0.2, 0.25) is 23.1 Å². The Morgan fingerprint density at radius 2 is 1.88 bits per heavy atom. The highest BCUT2D eigenvalue weighted by Gasteiger charge is 2.16. The summed E-state index contributed by atoms with van der Waals surface area (Å²) in [6.07, 6.45) is 0. The van der Waals surface area contributed by atoms with Gasteiger partial charge < -0.3 is 15.5 Å². The number of nitrogens with one attached hydrogen (secondary N) is 2. The standard InChI is InChI=1S/C9H15ClN6O/c1-5(6(17)16(3)4)12-9-14-7(10)13-8(11-2)15-9/h5H,1-4H3,(H2,11,12,13,14,15). The third-order valence-electron chi connectivity index (χ3n) is 1.99. The number of anilines is 2. The molecule has 1 aromatic rings. The summed E-state index contributed by atoms with van der Waals surface area (Å²) in [5.74, 6) is 0.529. The molecule has 0 bridgehead atoms. The summed E-state index contributed by atoms with van der Waals surface area (Å²) in [5.41, 5.74) is 0. The van der Waals surface area contributed by atoms with Crippen LogP contribution in [0.2, 0.25) is 5.28 Å².